The SMILES string of the molecule is CCCCCc1ccc(OCC(=O)N(CCO)CCO)cc1. The topological polar surface area (TPSA) is 70.0 Å². The molecule has 1 aromatic carbocycles. The molecule has 0 aliphatic heterocycles. The summed E-state index contributed by atoms with van der Waals surface area (Å²) in [5.74, 6) is 0.413. The van der Waals surface area contributed by atoms with Gasteiger partial charge >= 0.3 is 0 Å². The van der Waals surface area contributed by atoms with Gasteiger partial charge in [0, 0.05) is 13.1 Å². The third kappa shape index (κ3) is 6.91. The summed E-state index contributed by atoms with van der Waals surface area (Å²) < 4.78 is 5.47. The fraction of sp³-hybridized carbons (Fsp3) is 0.588. The summed E-state index contributed by atoms with van der Waals surface area (Å²) in [6.45, 7) is 2.26. The lowest BCUT2D eigenvalue weighted by Crippen LogP contribution is -2.38. The van der Waals surface area contributed by atoms with E-state index in [0.29, 0.717) is 5.75 Å². The Morgan fingerprint density at radius 3 is 2.27 bits per heavy atom. The minimum atomic E-state index is -0.241. The minimum Gasteiger partial charge on any atom is -0.484 e. The van der Waals surface area contributed by atoms with Crippen LogP contribution in [0.3, 0.4) is 0 Å². The molecule has 5 heteroatoms. The Labute approximate surface area is 132 Å². The minimum absolute atomic E-state index is 0.0881. The van der Waals surface area contributed by atoms with Crippen LogP contribution in [0, 0.1) is 0 Å². The molecule has 124 valence electrons. The highest BCUT2D eigenvalue weighted by Gasteiger charge is 2.12. The zero-order valence-corrected chi connectivity index (χ0v) is 13.3. The number of ether oxygens (including phenoxy) is 1. The summed E-state index contributed by atoms with van der Waals surface area (Å²) in [4.78, 5) is 13.3. The van der Waals surface area contributed by atoms with Crippen molar-refractivity contribution in [2.75, 3.05) is 32.9 Å². The van der Waals surface area contributed by atoms with E-state index in [1.165, 1.54) is 29.7 Å². The Morgan fingerprint density at radius 2 is 1.73 bits per heavy atom. The summed E-state index contributed by atoms with van der Waals surface area (Å²) >= 11 is 0. The summed E-state index contributed by atoms with van der Waals surface area (Å²) in [5.41, 5.74) is 1.27. The molecule has 2 N–H and O–H groups in total. The van der Waals surface area contributed by atoms with E-state index < -0.39 is 0 Å². The molecule has 0 saturated carbocycles. The molecule has 22 heavy (non-hydrogen) atoms. The molecule has 0 unspecified atom stereocenters. The van der Waals surface area contributed by atoms with E-state index in [0.717, 1.165) is 6.42 Å². The standard InChI is InChI=1S/C17H27NO4/c1-2-3-4-5-15-6-8-16(9-7-15)22-14-17(21)18(10-12-19)11-13-20/h6-9,19-20H,2-5,10-14H2,1H3. The first-order valence-electron chi connectivity index (χ1n) is 7.92. The number of amides is 1. The Hall–Kier alpha value is -1.59. The van der Waals surface area contributed by atoms with Crippen molar-refractivity contribution in [3.8, 4) is 5.75 Å². The van der Waals surface area contributed by atoms with E-state index in [9.17, 15) is 4.79 Å². The highest BCUT2D eigenvalue weighted by molar-refractivity contribution is 5.77. The van der Waals surface area contributed by atoms with Crippen LogP contribution in [0.1, 0.15) is 31.7 Å². The van der Waals surface area contributed by atoms with Crippen LogP contribution in [0.25, 0.3) is 0 Å². The third-order valence-electron chi connectivity index (χ3n) is 3.45. The molecule has 0 saturated heterocycles. The lowest BCUT2D eigenvalue weighted by molar-refractivity contribution is -0.134. The zero-order valence-electron chi connectivity index (χ0n) is 13.3. The number of rotatable bonds is 11. The van der Waals surface area contributed by atoms with Crippen LogP contribution in [0.4, 0.5) is 0 Å². The molecule has 1 aromatic rings. The Kier molecular flexibility index (Phi) is 9.26. The number of carbonyl (C=O) groups is 1. The first kappa shape index (κ1) is 18.5. The molecule has 0 radical (unpaired) electrons. The number of aryl methyl sites for hydroxylation is 1. The van der Waals surface area contributed by atoms with Crippen LogP contribution < -0.4 is 4.74 Å². The summed E-state index contributed by atoms with van der Waals surface area (Å²) in [5, 5.41) is 17.8. The highest BCUT2D eigenvalue weighted by atomic mass is 16.5. The number of unbranched alkanes of at least 4 members (excludes halogenated alkanes) is 2. The van der Waals surface area contributed by atoms with E-state index in [2.05, 4.69) is 6.92 Å². The Bertz CT molecular complexity index is 413. The smallest absolute Gasteiger partial charge is 0.260 e. The molecule has 0 aromatic heterocycles. The van der Waals surface area contributed by atoms with Crippen LogP contribution in [-0.4, -0.2) is 53.9 Å². The van der Waals surface area contributed by atoms with Gasteiger partial charge in [-0.25, -0.2) is 0 Å². The molecule has 0 spiro atoms. The number of hydrogen-bond donors (Lipinski definition) is 2. The quantitative estimate of drug-likeness (QED) is 0.609. The maximum absolute atomic E-state index is 11.9. The fourth-order valence-corrected chi connectivity index (χ4v) is 2.17. The predicted octanol–water partition coefficient (Wildman–Crippen LogP) is 1.61. The van der Waals surface area contributed by atoms with E-state index in [4.69, 9.17) is 14.9 Å². The second-order valence-corrected chi connectivity index (χ2v) is 5.22. The summed E-state index contributed by atoms with van der Waals surface area (Å²) in [6, 6.07) is 7.79. The average molecular weight is 309 g/mol. The molecule has 1 amide bonds. The highest BCUT2D eigenvalue weighted by Crippen LogP contribution is 2.14. The summed E-state index contributed by atoms with van der Waals surface area (Å²) in [6.07, 6.45) is 4.69. The molecule has 5 nitrogen and oxygen atoms in total. The van der Waals surface area contributed by atoms with Gasteiger partial charge < -0.3 is 19.8 Å². The molecule has 0 bridgehead atoms. The van der Waals surface area contributed by atoms with Gasteiger partial charge in [0.1, 0.15) is 5.75 Å². The largest absolute Gasteiger partial charge is 0.484 e. The number of benzene rings is 1. The van der Waals surface area contributed by atoms with Crippen molar-refractivity contribution < 1.29 is 19.7 Å². The van der Waals surface area contributed by atoms with Crippen LogP contribution in [-0.2, 0) is 11.2 Å². The van der Waals surface area contributed by atoms with Crippen molar-refractivity contribution in [2.24, 2.45) is 0 Å². The number of hydrogen-bond acceptors (Lipinski definition) is 4. The Balaban J connectivity index is 2.41. The van der Waals surface area contributed by atoms with Crippen molar-refractivity contribution in [1.29, 1.82) is 0 Å². The number of carbonyl (C=O) groups excluding carboxylic acids is 1. The number of aliphatic hydroxyl groups excluding tert-OH is 2. The van der Waals surface area contributed by atoms with Crippen LogP contribution in [0.15, 0.2) is 24.3 Å². The lowest BCUT2D eigenvalue weighted by atomic mass is 10.1. The van der Waals surface area contributed by atoms with Crippen LogP contribution in [0.5, 0.6) is 5.75 Å². The zero-order chi connectivity index (χ0) is 16.2. The second-order valence-electron chi connectivity index (χ2n) is 5.22. The van der Waals surface area contributed by atoms with Crippen LogP contribution >= 0.6 is 0 Å². The molecule has 1 rings (SSSR count). The Morgan fingerprint density at radius 1 is 1.09 bits per heavy atom. The van der Waals surface area contributed by atoms with Crippen molar-refractivity contribution in [1.82, 2.24) is 4.90 Å². The van der Waals surface area contributed by atoms with E-state index in [1.807, 2.05) is 24.3 Å². The van der Waals surface area contributed by atoms with Gasteiger partial charge in [-0.1, -0.05) is 31.9 Å². The summed E-state index contributed by atoms with van der Waals surface area (Å²) in [7, 11) is 0. The van der Waals surface area contributed by atoms with Gasteiger partial charge in [0.25, 0.3) is 5.91 Å². The van der Waals surface area contributed by atoms with Gasteiger partial charge in [-0.05, 0) is 30.5 Å². The first-order chi connectivity index (χ1) is 10.7. The van der Waals surface area contributed by atoms with Gasteiger partial charge in [-0.2, -0.15) is 0 Å². The number of aliphatic hydroxyl groups is 2. The molecular formula is C17H27NO4. The number of nitrogens with zero attached hydrogens (tertiary/aromatic N) is 1. The van der Waals surface area contributed by atoms with Gasteiger partial charge in [-0.3, -0.25) is 4.79 Å². The fourth-order valence-electron chi connectivity index (χ4n) is 2.17. The molecule has 0 heterocycles. The van der Waals surface area contributed by atoms with Crippen LogP contribution in [0.2, 0.25) is 0 Å². The van der Waals surface area contributed by atoms with Gasteiger partial charge in [0.05, 0.1) is 13.2 Å². The first-order valence-corrected chi connectivity index (χ1v) is 7.92. The van der Waals surface area contributed by atoms with Crippen molar-refractivity contribution in [3.05, 3.63) is 29.8 Å². The maximum atomic E-state index is 11.9. The van der Waals surface area contributed by atoms with Crippen molar-refractivity contribution >= 4 is 5.91 Å². The van der Waals surface area contributed by atoms with Crippen molar-refractivity contribution in [2.45, 2.75) is 32.6 Å². The predicted molar refractivity (Wildman–Crippen MR) is 85.9 cm³/mol. The van der Waals surface area contributed by atoms with Crippen molar-refractivity contribution in [3.63, 3.8) is 0 Å². The molecule has 0 aliphatic carbocycles. The lowest BCUT2D eigenvalue weighted by Gasteiger charge is -2.20. The normalized spacial score (nSPS) is 10.5. The van der Waals surface area contributed by atoms with Gasteiger partial charge in [-0.15, -0.1) is 0 Å². The maximum Gasteiger partial charge on any atom is 0.260 e. The third-order valence-corrected chi connectivity index (χ3v) is 3.45. The molecular weight excluding hydrogens is 282 g/mol. The average Bonchev–Trinajstić information content (AvgIpc) is 2.54. The monoisotopic (exact) mass is 309 g/mol. The van der Waals surface area contributed by atoms with Gasteiger partial charge in [0.2, 0.25) is 0 Å². The second kappa shape index (κ2) is 11.0. The molecule has 0 fully saturated rings. The molecule has 0 aliphatic rings. The van der Waals surface area contributed by atoms with E-state index >= 15 is 0 Å². The molecule has 0 atom stereocenters. The van der Waals surface area contributed by atoms with E-state index in [-0.39, 0.29) is 38.8 Å². The van der Waals surface area contributed by atoms with E-state index in [1.54, 1.807) is 0 Å². The van der Waals surface area contributed by atoms with Gasteiger partial charge in [0.15, 0.2) is 6.61 Å².